The number of carbonyl (C=O) groups excluding carboxylic acids is 1. The van der Waals surface area contributed by atoms with Crippen molar-refractivity contribution >= 4 is 33.1 Å². The van der Waals surface area contributed by atoms with Gasteiger partial charge in [0.05, 0.1) is 17.7 Å². The summed E-state index contributed by atoms with van der Waals surface area (Å²) in [5.74, 6) is 0.600. The van der Waals surface area contributed by atoms with E-state index in [4.69, 9.17) is 4.74 Å². The first kappa shape index (κ1) is 22.7. The van der Waals surface area contributed by atoms with Gasteiger partial charge in [-0.2, -0.15) is 0 Å². The lowest BCUT2D eigenvalue weighted by atomic mass is 10.0. The first-order valence-electron chi connectivity index (χ1n) is 10.7. The number of urea groups is 1. The summed E-state index contributed by atoms with van der Waals surface area (Å²) in [6.45, 7) is 4.36. The lowest BCUT2D eigenvalue weighted by Gasteiger charge is -2.31. The Morgan fingerprint density at radius 3 is 2.24 bits per heavy atom. The molecule has 4 rings (SSSR count). The lowest BCUT2D eigenvalue weighted by Crippen LogP contribution is -2.35. The van der Waals surface area contributed by atoms with Crippen molar-refractivity contribution in [2.75, 3.05) is 28.6 Å². The monoisotopic (exact) mass is 465 g/mol. The average molecular weight is 466 g/mol. The third kappa shape index (κ3) is 4.96. The van der Waals surface area contributed by atoms with Crippen molar-refractivity contribution in [2.24, 2.45) is 0 Å². The third-order valence-electron chi connectivity index (χ3n) is 5.54. The number of nitrogens with zero attached hydrogens (tertiary/aromatic N) is 1. The van der Waals surface area contributed by atoms with Gasteiger partial charge >= 0.3 is 6.03 Å². The largest absolute Gasteiger partial charge is 0.497 e. The van der Waals surface area contributed by atoms with Crippen LogP contribution in [0.1, 0.15) is 23.1 Å². The lowest BCUT2D eigenvalue weighted by molar-refractivity contribution is 0.262. The normalized spacial score (nSPS) is 13.2. The number of ether oxygens (including phenoxy) is 1. The van der Waals surface area contributed by atoms with Crippen molar-refractivity contribution < 1.29 is 17.9 Å². The molecule has 33 heavy (non-hydrogen) atoms. The second-order valence-corrected chi connectivity index (χ2v) is 10.0. The van der Waals surface area contributed by atoms with Gasteiger partial charge in [0.25, 0.3) is 10.0 Å². The fourth-order valence-electron chi connectivity index (χ4n) is 4.11. The number of sulfonamides is 1. The Hall–Kier alpha value is -3.52. The fraction of sp³-hybridized carbons (Fsp3) is 0.240. The molecule has 0 atom stereocenters. The molecule has 0 bridgehead atoms. The van der Waals surface area contributed by atoms with Gasteiger partial charge in [-0.05, 0) is 98.0 Å². The van der Waals surface area contributed by atoms with Crippen LogP contribution in [0.15, 0.2) is 65.6 Å². The summed E-state index contributed by atoms with van der Waals surface area (Å²) in [7, 11) is -2.17. The molecule has 7 nitrogen and oxygen atoms in total. The number of anilines is 3. The van der Waals surface area contributed by atoms with Gasteiger partial charge in [-0.25, -0.2) is 13.2 Å². The zero-order chi connectivity index (χ0) is 23.6. The van der Waals surface area contributed by atoms with E-state index in [1.807, 2.05) is 38.1 Å². The first-order chi connectivity index (χ1) is 15.8. The minimum atomic E-state index is -3.71. The highest BCUT2D eigenvalue weighted by Crippen LogP contribution is 2.34. The van der Waals surface area contributed by atoms with Crippen LogP contribution in [-0.2, 0) is 16.4 Å². The Labute approximate surface area is 194 Å². The average Bonchev–Trinajstić information content (AvgIpc) is 2.77. The third-order valence-corrected chi connectivity index (χ3v) is 7.37. The zero-order valence-electron chi connectivity index (χ0n) is 18.9. The Balaban J connectivity index is 1.53. The van der Waals surface area contributed by atoms with Crippen LogP contribution in [0, 0.1) is 13.8 Å². The number of nitrogens with one attached hydrogen (secondary N) is 2. The molecule has 0 fully saturated rings. The number of fused-ring (bicyclic) bond motifs is 1. The van der Waals surface area contributed by atoms with Crippen LogP contribution in [0.2, 0.25) is 0 Å². The molecular weight excluding hydrogens is 438 g/mol. The maximum atomic E-state index is 13.3. The number of rotatable bonds is 5. The van der Waals surface area contributed by atoms with Crippen LogP contribution >= 0.6 is 0 Å². The molecule has 2 amide bonds. The van der Waals surface area contributed by atoms with E-state index in [-0.39, 0.29) is 10.9 Å². The zero-order valence-corrected chi connectivity index (χ0v) is 19.7. The minimum Gasteiger partial charge on any atom is -0.497 e. The molecule has 0 aromatic heterocycles. The van der Waals surface area contributed by atoms with Crippen LogP contribution < -0.4 is 19.7 Å². The standard InChI is InChI=1S/C25H27N3O4S/c1-17-13-18(2)15-21(14-17)27-25(29)26-20-6-11-24-19(16-20)5-4-12-28(24)33(30,31)23-9-7-22(32-3)8-10-23/h6-11,13-16H,4-5,12H2,1-3H3,(H2,26,27,29). The Bertz CT molecular complexity index is 1270. The summed E-state index contributed by atoms with van der Waals surface area (Å²) in [5, 5.41) is 5.69. The van der Waals surface area contributed by atoms with Crippen molar-refractivity contribution in [1.29, 1.82) is 0 Å². The van der Waals surface area contributed by atoms with E-state index >= 15 is 0 Å². The summed E-state index contributed by atoms with van der Waals surface area (Å²) < 4.78 is 33.1. The SMILES string of the molecule is COc1ccc(S(=O)(=O)N2CCCc3cc(NC(=O)Nc4cc(C)cc(C)c4)ccc32)cc1. The van der Waals surface area contributed by atoms with Crippen LogP contribution in [-0.4, -0.2) is 28.1 Å². The van der Waals surface area contributed by atoms with E-state index in [1.165, 1.54) is 11.4 Å². The van der Waals surface area contributed by atoms with Crippen LogP contribution in [0.3, 0.4) is 0 Å². The van der Waals surface area contributed by atoms with E-state index in [0.717, 1.165) is 28.8 Å². The van der Waals surface area contributed by atoms with Crippen molar-refractivity contribution in [3.8, 4) is 5.75 Å². The van der Waals surface area contributed by atoms with Gasteiger partial charge in [-0.3, -0.25) is 4.31 Å². The summed E-state index contributed by atoms with van der Waals surface area (Å²) in [5.41, 5.74) is 4.98. The number of benzene rings is 3. The quantitative estimate of drug-likeness (QED) is 0.549. The molecule has 8 heteroatoms. The molecule has 172 valence electrons. The summed E-state index contributed by atoms with van der Waals surface area (Å²) in [6, 6.07) is 17.2. The van der Waals surface area contributed by atoms with E-state index in [2.05, 4.69) is 10.6 Å². The fourth-order valence-corrected chi connectivity index (χ4v) is 5.65. The van der Waals surface area contributed by atoms with Gasteiger partial charge in [0.1, 0.15) is 5.75 Å². The summed E-state index contributed by atoms with van der Waals surface area (Å²) in [4.78, 5) is 12.7. The molecule has 0 saturated heterocycles. The summed E-state index contributed by atoms with van der Waals surface area (Å²) >= 11 is 0. The van der Waals surface area contributed by atoms with Gasteiger partial charge in [0, 0.05) is 17.9 Å². The number of methoxy groups -OCH3 is 1. The van der Waals surface area contributed by atoms with E-state index in [1.54, 1.807) is 36.4 Å². The van der Waals surface area contributed by atoms with Gasteiger partial charge in [0.15, 0.2) is 0 Å². The first-order valence-corrected chi connectivity index (χ1v) is 12.2. The second-order valence-electron chi connectivity index (χ2n) is 8.16. The molecule has 3 aromatic carbocycles. The smallest absolute Gasteiger partial charge is 0.323 e. The second kappa shape index (κ2) is 9.15. The highest BCUT2D eigenvalue weighted by atomic mass is 32.2. The molecule has 0 aliphatic carbocycles. The number of amides is 2. The van der Waals surface area contributed by atoms with Gasteiger partial charge < -0.3 is 15.4 Å². The molecule has 1 aliphatic rings. The number of aryl methyl sites for hydroxylation is 3. The molecule has 0 radical (unpaired) electrons. The van der Waals surface area contributed by atoms with Gasteiger partial charge in [-0.15, -0.1) is 0 Å². The van der Waals surface area contributed by atoms with Crippen molar-refractivity contribution in [3.05, 3.63) is 77.4 Å². The van der Waals surface area contributed by atoms with Crippen LogP contribution in [0.25, 0.3) is 0 Å². The van der Waals surface area contributed by atoms with Gasteiger partial charge in [0.2, 0.25) is 0 Å². The highest BCUT2D eigenvalue weighted by molar-refractivity contribution is 7.92. The van der Waals surface area contributed by atoms with Crippen LogP contribution in [0.5, 0.6) is 5.75 Å². The predicted molar refractivity (Wildman–Crippen MR) is 131 cm³/mol. The van der Waals surface area contributed by atoms with Crippen molar-refractivity contribution in [2.45, 2.75) is 31.6 Å². The van der Waals surface area contributed by atoms with E-state index < -0.39 is 10.0 Å². The van der Waals surface area contributed by atoms with E-state index in [9.17, 15) is 13.2 Å². The number of hydrogen-bond donors (Lipinski definition) is 2. The number of hydrogen-bond acceptors (Lipinski definition) is 4. The molecule has 2 N–H and O–H groups in total. The minimum absolute atomic E-state index is 0.214. The molecule has 0 spiro atoms. The molecule has 3 aromatic rings. The topological polar surface area (TPSA) is 87.7 Å². The predicted octanol–water partition coefficient (Wildman–Crippen LogP) is 5.10. The molecule has 1 aliphatic heterocycles. The summed E-state index contributed by atoms with van der Waals surface area (Å²) in [6.07, 6.45) is 1.43. The molecular formula is C25H27N3O4S. The molecule has 1 heterocycles. The highest BCUT2D eigenvalue weighted by Gasteiger charge is 2.29. The Morgan fingerprint density at radius 1 is 0.909 bits per heavy atom. The van der Waals surface area contributed by atoms with Crippen LogP contribution in [0.4, 0.5) is 21.9 Å². The maximum absolute atomic E-state index is 13.3. The molecule has 0 unspecified atom stereocenters. The Kier molecular flexibility index (Phi) is 6.29. The molecule has 0 saturated carbocycles. The van der Waals surface area contributed by atoms with Gasteiger partial charge in [-0.1, -0.05) is 6.07 Å². The van der Waals surface area contributed by atoms with E-state index in [0.29, 0.717) is 30.1 Å². The maximum Gasteiger partial charge on any atom is 0.323 e. The Morgan fingerprint density at radius 2 is 1.58 bits per heavy atom. The van der Waals surface area contributed by atoms with Crippen molar-refractivity contribution in [1.82, 2.24) is 0 Å². The number of carbonyl (C=O) groups is 1. The van der Waals surface area contributed by atoms with Crippen molar-refractivity contribution in [3.63, 3.8) is 0 Å².